The molecule has 0 unspecified atom stereocenters. The summed E-state index contributed by atoms with van der Waals surface area (Å²) in [5.41, 5.74) is -0.244. The molecule has 10 heteroatoms. The van der Waals surface area contributed by atoms with Gasteiger partial charge in [-0.1, -0.05) is 33.5 Å². The molecular formula is C23H41N3O6Si. The third-order valence-electron chi connectivity index (χ3n) is 4.41. The standard InChI is InChI=1S/C23H41N3O6Si/c1-16(2)12-19(25-22(29)32-23(4,5)6)21(28)31-14-18-13-26(20(24-18)17(3)27)15-30-10-11-33(7,8)9/h13,16,19H,10-12,14-15H2,1-9H3,(H,25,29)/t19-/m0/s1. The Bertz CT molecular complexity index is 808. The maximum Gasteiger partial charge on any atom is 0.408 e. The second-order valence-electron chi connectivity index (χ2n) is 10.9. The molecule has 0 saturated heterocycles. The van der Waals surface area contributed by atoms with Crippen molar-refractivity contribution < 1.29 is 28.6 Å². The van der Waals surface area contributed by atoms with Gasteiger partial charge in [-0.05, 0) is 39.2 Å². The number of ketones is 1. The van der Waals surface area contributed by atoms with Crippen LogP contribution in [-0.4, -0.2) is 53.7 Å². The Kier molecular flexibility index (Phi) is 10.8. The van der Waals surface area contributed by atoms with E-state index in [0.717, 1.165) is 6.04 Å². The van der Waals surface area contributed by atoms with Gasteiger partial charge in [0.2, 0.25) is 0 Å². The van der Waals surface area contributed by atoms with E-state index in [9.17, 15) is 14.4 Å². The van der Waals surface area contributed by atoms with E-state index in [-0.39, 0.29) is 30.9 Å². The molecule has 1 N–H and O–H groups in total. The molecule has 1 rings (SSSR count). The van der Waals surface area contributed by atoms with E-state index in [0.29, 0.717) is 18.7 Å². The maximum atomic E-state index is 12.7. The van der Waals surface area contributed by atoms with Gasteiger partial charge in [-0.25, -0.2) is 14.6 Å². The number of nitrogens with one attached hydrogen (secondary N) is 1. The molecule has 1 atom stereocenters. The predicted molar refractivity (Wildman–Crippen MR) is 129 cm³/mol. The monoisotopic (exact) mass is 483 g/mol. The molecule has 0 fully saturated rings. The number of carbonyl (C=O) groups excluding carboxylic acids is 3. The molecule has 0 aliphatic carbocycles. The van der Waals surface area contributed by atoms with Crippen LogP contribution in [0.2, 0.25) is 25.7 Å². The Morgan fingerprint density at radius 1 is 1.18 bits per heavy atom. The van der Waals surface area contributed by atoms with Crippen LogP contribution in [0.5, 0.6) is 0 Å². The van der Waals surface area contributed by atoms with Gasteiger partial charge in [0.25, 0.3) is 0 Å². The quantitative estimate of drug-likeness (QED) is 0.203. The molecule has 9 nitrogen and oxygen atoms in total. The van der Waals surface area contributed by atoms with Crippen molar-refractivity contribution in [2.45, 2.75) is 98.6 Å². The first kappa shape index (κ1) is 28.8. The van der Waals surface area contributed by atoms with Crippen molar-refractivity contribution in [3.8, 4) is 0 Å². The summed E-state index contributed by atoms with van der Waals surface area (Å²) < 4.78 is 18.0. The first-order valence-corrected chi connectivity index (χ1v) is 15.1. The van der Waals surface area contributed by atoms with Gasteiger partial charge >= 0.3 is 12.1 Å². The molecule has 0 aromatic carbocycles. The van der Waals surface area contributed by atoms with Crippen LogP contribution in [-0.2, 0) is 32.3 Å². The largest absolute Gasteiger partial charge is 0.458 e. The van der Waals surface area contributed by atoms with E-state index in [1.165, 1.54) is 6.92 Å². The molecule has 188 valence electrons. The molecule has 33 heavy (non-hydrogen) atoms. The Morgan fingerprint density at radius 2 is 1.82 bits per heavy atom. The van der Waals surface area contributed by atoms with Crippen LogP contribution in [0, 0.1) is 5.92 Å². The second-order valence-corrected chi connectivity index (χ2v) is 16.5. The lowest BCUT2D eigenvalue weighted by molar-refractivity contribution is -0.148. The number of alkyl carbamates (subject to hydrolysis) is 1. The van der Waals surface area contributed by atoms with E-state index in [4.69, 9.17) is 14.2 Å². The predicted octanol–water partition coefficient (Wildman–Crippen LogP) is 4.38. The number of nitrogens with zero attached hydrogens (tertiary/aromatic N) is 2. The van der Waals surface area contributed by atoms with Crippen molar-refractivity contribution in [2.24, 2.45) is 5.92 Å². The number of imidazole rings is 1. The summed E-state index contributed by atoms with van der Waals surface area (Å²) >= 11 is 0. The Balaban J connectivity index is 2.77. The fraction of sp³-hybridized carbons (Fsp3) is 0.739. The normalized spacial score (nSPS) is 13.0. The van der Waals surface area contributed by atoms with Gasteiger partial charge in [0.05, 0.1) is 5.69 Å². The van der Waals surface area contributed by atoms with Crippen molar-refractivity contribution in [1.29, 1.82) is 0 Å². The third kappa shape index (κ3) is 12.0. The zero-order chi connectivity index (χ0) is 25.4. The number of Topliss-reactive ketones (excluding diaryl/α,β-unsaturated/α-hetero) is 1. The first-order chi connectivity index (χ1) is 15.1. The van der Waals surface area contributed by atoms with Crippen LogP contribution in [0.15, 0.2) is 6.20 Å². The van der Waals surface area contributed by atoms with Crippen molar-refractivity contribution in [1.82, 2.24) is 14.9 Å². The minimum atomic E-state index is -1.21. The van der Waals surface area contributed by atoms with Crippen molar-refractivity contribution >= 4 is 25.9 Å². The summed E-state index contributed by atoms with van der Waals surface area (Å²) in [5, 5.41) is 2.59. The average molecular weight is 484 g/mol. The zero-order valence-electron chi connectivity index (χ0n) is 21.6. The number of hydrogen-bond acceptors (Lipinski definition) is 7. The Hall–Kier alpha value is -2.20. The minimum Gasteiger partial charge on any atom is -0.458 e. The van der Waals surface area contributed by atoms with Gasteiger partial charge in [0.1, 0.15) is 25.0 Å². The fourth-order valence-corrected chi connectivity index (χ4v) is 3.60. The van der Waals surface area contributed by atoms with Crippen molar-refractivity contribution in [3.05, 3.63) is 17.7 Å². The third-order valence-corrected chi connectivity index (χ3v) is 6.12. The minimum absolute atomic E-state index is 0.119. The van der Waals surface area contributed by atoms with Crippen LogP contribution >= 0.6 is 0 Å². The summed E-state index contributed by atoms with van der Waals surface area (Å²) in [6.45, 7) is 18.1. The number of aromatic nitrogens is 2. The van der Waals surface area contributed by atoms with Gasteiger partial charge in [-0.2, -0.15) is 0 Å². The topological polar surface area (TPSA) is 109 Å². The highest BCUT2D eigenvalue weighted by Crippen LogP contribution is 2.13. The lowest BCUT2D eigenvalue weighted by atomic mass is 10.0. The van der Waals surface area contributed by atoms with Gasteiger partial charge in [-0.15, -0.1) is 0 Å². The van der Waals surface area contributed by atoms with E-state index < -0.39 is 31.8 Å². The molecule has 1 aromatic heterocycles. The van der Waals surface area contributed by atoms with E-state index >= 15 is 0 Å². The van der Waals surface area contributed by atoms with Gasteiger partial charge in [-0.3, -0.25) is 4.79 Å². The van der Waals surface area contributed by atoms with Gasteiger partial charge in [0, 0.05) is 27.8 Å². The zero-order valence-corrected chi connectivity index (χ0v) is 22.6. The van der Waals surface area contributed by atoms with Crippen molar-refractivity contribution in [3.63, 3.8) is 0 Å². The molecule has 0 spiro atoms. The number of amides is 1. The van der Waals surface area contributed by atoms with E-state index in [2.05, 4.69) is 29.9 Å². The molecule has 1 aromatic rings. The summed E-state index contributed by atoms with van der Waals surface area (Å²) in [6, 6.07) is 0.169. The Labute approximate surface area is 198 Å². The molecule has 0 aliphatic rings. The van der Waals surface area contributed by atoms with Crippen LogP contribution in [0.25, 0.3) is 0 Å². The number of hydrogen-bond donors (Lipinski definition) is 1. The second kappa shape index (κ2) is 12.3. The van der Waals surface area contributed by atoms with Crippen LogP contribution < -0.4 is 5.32 Å². The molecule has 0 bridgehead atoms. The molecule has 0 saturated carbocycles. The lowest BCUT2D eigenvalue weighted by Crippen LogP contribution is -2.44. The molecular weight excluding hydrogens is 442 g/mol. The van der Waals surface area contributed by atoms with Gasteiger partial charge < -0.3 is 24.1 Å². The fourth-order valence-electron chi connectivity index (χ4n) is 2.84. The summed E-state index contributed by atoms with van der Waals surface area (Å²) in [6.07, 6.45) is 1.37. The highest BCUT2D eigenvalue weighted by atomic mass is 28.3. The first-order valence-electron chi connectivity index (χ1n) is 11.4. The summed E-state index contributed by atoms with van der Waals surface area (Å²) in [7, 11) is -1.21. The van der Waals surface area contributed by atoms with E-state index in [1.54, 1.807) is 31.5 Å². The van der Waals surface area contributed by atoms with Crippen LogP contribution in [0.4, 0.5) is 4.79 Å². The van der Waals surface area contributed by atoms with Gasteiger partial charge in [0.15, 0.2) is 11.6 Å². The summed E-state index contributed by atoms with van der Waals surface area (Å²) in [5.74, 6) is -0.389. The highest BCUT2D eigenvalue weighted by Gasteiger charge is 2.27. The maximum absolute atomic E-state index is 12.7. The molecule has 1 heterocycles. The van der Waals surface area contributed by atoms with E-state index in [1.807, 2.05) is 13.8 Å². The SMILES string of the molecule is CC(=O)c1nc(COC(=O)[C@H](CC(C)C)NC(=O)OC(C)(C)C)cn1COCC[Si](C)(C)C. The number of ether oxygens (including phenoxy) is 3. The van der Waals surface area contributed by atoms with Crippen LogP contribution in [0.1, 0.15) is 64.3 Å². The molecule has 0 radical (unpaired) electrons. The summed E-state index contributed by atoms with van der Waals surface area (Å²) in [4.78, 5) is 41.1. The molecule has 0 aliphatic heterocycles. The highest BCUT2D eigenvalue weighted by molar-refractivity contribution is 6.76. The number of esters is 1. The van der Waals surface area contributed by atoms with Crippen molar-refractivity contribution in [2.75, 3.05) is 6.61 Å². The number of carbonyl (C=O) groups is 3. The van der Waals surface area contributed by atoms with Crippen LogP contribution in [0.3, 0.4) is 0 Å². The average Bonchev–Trinajstić information content (AvgIpc) is 3.03. The lowest BCUT2D eigenvalue weighted by Gasteiger charge is -2.23. The smallest absolute Gasteiger partial charge is 0.408 e. The Morgan fingerprint density at radius 3 is 2.33 bits per heavy atom. The number of rotatable bonds is 12. The molecule has 1 amide bonds.